The maximum atomic E-state index is 13.0. The molecule has 3 heteroatoms. The first kappa shape index (κ1) is 10.4. The molecule has 2 rings (SSSR count). The van der Waals surface area contributed by atoms with Gasteiger partial charge in [0.05, 0.1) is 18.1 Å². The summed E-state index contributed by atoms with van der Waals surface area (Å²) in [6, 6.07) is 1.57. The van der Waals surface area contributed by atoms with Gasteiger partial charge in [0.1, 0.15) is 5.82 Å². The molecule has 1 atom stereocenters. The molecule has 1 fully saturated rings. The number of rotatable bonds is 2. The second kappa shape index (κ2) is 4.60. The van der Waals surface area contributed by atoms with Crippen molar-refractivity contribution in [1.82, 2.24) is 4.98 Å². The average Bonchev–Trinajstić information content (AvgIpc) is 2.29. The lowest BCUT2D eigenvalue weighted by atomic mass is 9.95. The summed E-state index contributed by atoms with van der Waals surface area (Å²) in [4.78, 5) is 6.14. The number of hydrogen-bond donors (Lipinski definition) is 0. The molecule has 0 N–H and O–H groups in total. The van der Waals surface area contributed by atoms with Crippen LogP contribution in [0.25, 0.3) is 0 Å². The van der Waals surface area contributed by atoms with Crippen LogP contribution in [0.5, 0.6) is 0 Å². The highest BCUT2D eigenvalue weighted by atomic mass is 19.1. The molecular weight excluding hydrogens is 191 g/mol. The van der Waals surface area contributed by atoms with Crippen molar-refractivity contribution < 1.29 is 4.39 Å². The second-order valence-corrected chi connectivity index (χ2v) is 4.22. The van der Waals surface area contributed by atoms with Gasteiger partial charge in [-0.2, -0.15) is 0 Å². The molecule has 1 unspecified atom stereocenters. The van der Waals surface area contributed by atoms with Gasteiger partial charge in [0.2, 0.25) is 0 Å². The van der Waals surface area contributed by atoms with E-state index in [4.69, 9.17) is 0 Å². The Morgan fingerprint density at radius 1 is 1.53 bits per heavy atom. The second-order valence-electron chi connectivity index (χ2n) is 4.22. The van der Waals surface area contributed by atoms with Crippen LogP contribution in [0.4, 0.5) is 10.1 Å². The van der Waals surface area contributed by atoms with Crippen LogP contribution in [-0.4, -0.2) is 18.1 Å². The summed E-state index contributed by atoms with van der Waals surface area (Å²) >= 11 is 0. The van der Waals surface area contributed by atoms with Gasteiger partial charge >= 0.3 is 0 Å². The van der Waals surface area contributed by atoms with Crippen LogP contribution in [-0.2, 0) is 0 Å². The molecule has 2 nitrogen and oxygen atoms in total. The Hall–Kier alpha value is -1.12. The average molecular weight is 208 g/mol. The number of pyridine rings is 1. The lowest BCUT2D eigenvalue weighted by Crippen LogP contribution is -2.35. The van der Waals surface area contributed by atoms with E-state index in [1.54, 1.807) is 12.3 Å². The topological polar surface area (TPSA) is 16.1 Å². The first-order valence-corrected chi connectivity index (χ1v) is 5.65. The van der Waals surface area contributed by atoms with Gasteiger partial charge in [-0.05, 0) is 18.8 Å². The van der Waals surface area contributed by atoms with Gasteiger partial charge in [-0.1, -0.05) is 13.3 Å². The Kier molecular flexibility index (Phi) is 3.19. The monoisotopic (exact) mass is 208 g/mol. The lowest BCUT2D eigenvalue weighted by molar-refractivity contribution is 0.404. The van der Waals surface area contributed by atoms with E-state index in [1.165, 1.54) is 25.5 Å². The SMILES string of the molecule is CCC1CCCN(c2cncc(F)c2)C1. The number of nitrogens with zero attached hydrogens (tertiary/aromatic N) is 2. The summed E-state index contributed by atoms with van der Waals surface area (Å²) in [5.41, 5.74) is 0.924. The predicted octanol–water partition coefficient (Wildman–Crippen LogP) is 2.85. The van der Waals surface area contributed by atoms with Crippen LogP contribution in [0.3, 0.4) is 0 Å². The highest BCUT2D eigenvalue weighted by Crippen LogP contribution is 2.24. The molecule has 1 aromatic rings. The fraction of sp³-hybridized carbons (Fsp3) is 0.583. The summed E-state index contributed by atoms with van der Waals surface area (Å²) in [5.74, 6) is 0.508. The molecule has 2 heterocycles. The zero-order chi connectivity index (χ0) is 10.7. The van der Waals surface area contributed by atoms with E-state index < -0.39 is 0 Å². The Labute approximate surface area is 90.1 Å². The van der Waals surface area contributed by atoms with Crippen molar-refractivity contribution >= 4 is 5.69 Å². The molecule has 0 aromatic carbocycles. The summed E-state index contributed by atoms with van der Waals surface area (Å²) in [5, 5.41) is 0. The highest BCUT2D eigenvalue weighted by Gasteiger charge is 2.18. The highest BCUT2D eigenvalue weighted by molar-refractivity contribution is 5.44. The van der Waals surface area contributed by atoms with Crippen LogP contribution < -0.4 is 4.90 Å². The first-order valence-electron chi connectivity index (χ1n) is 5.65. The quantitative estimate of drug-likeness (QED) is 0.743. The van der Waals surface area contributed by atoms with Crippen molar-refractivity contribution in [2.75, 3.05) is 18.0 Å². The van der Waals surface area contributed by atoms with Crippen LogP contribution in [0.2, 0.25) is 0 Å². The standard InChI is InChI=1S/C12H17FN2/c1-2-10-4-3-5-15(9-10)12-6-11(13)7-14-8-12/h6-8,10H,2-5,9H2,1H3. The summed E-state index contributed by atoms with van der Waals surface area (Å²) < 4.78 is 13.0. The molecule has 0 radical (unpaired) electrons. The number of anilines is 1. The number of aromatic nitrogens is 1. The third-order valence-electron chi connectivity index (χ3n) is 3.15. The zero-order valence-corrected chi connectivity index (χ0v) is 9.12. The van der Waals surface area contributed by atoms with Crippen molar-refractivity contribution in [1.29, 1.82) is 0 Å². The van der Waals surface area contributed by atoms with Crippen LogP contribution in [0.1, 0.15) is 26.2 Å². The van der Waals surface area contributed by atoms with Gasteiger partial charge in [-0.25, -0.2) is 4.39 Å². The molecule has 0 aliphatic carbocycles. The molecule has 1 aromatic heterocycles. The van der Waals surface area contributed by atoms with Crippen molar-refractivity contribution in [3.63, 3.8) is 0 Å². The summed E-state index contributed by atoms with van der Waals surface area (Å²) in [6.07, 6.45) is 6.72. The van der Waals surface area contributed by atoms with Crippen molar-refractivity contribution in [2.24, 2.45) is 5.92 Å². The fourth-order valence-corrected chi connectivity index (χ4v) is 2.21. The molecule has 0 spiro atoms. The molecule has 1 saturated heterocycles. The third-order valence-corrected chi connectivity index (χ3v) is 3.15. The van der Waals surface area contributed by atoms with Crippen LogP contribution >= 0.6 is 0 Å². The summed E-state index contributed by atoms with van der Waals surface area (Å²) in [6.45, 7) is 4.29. The number of halogens is 1. The molecule has 0 saturated carbocycles. The van der Waals surface area contributed by atoms with Gasteiger partial charge in [0, 0.05) is 19.2 Å². The number of piperidine rings is 1. The molecular formula is C12H17FN2. The largest absolute Gasteiger partial charge is 0.370 e. The fourth-order valence-electron chi connectivity index (χ4n) is 2.21. The third kappa shape index (κ3) is 2.46. The van der Waals surface area contributed by atoms with E-state index in [9.17, 15) is 4.39 Å². The van der Waals surface area contributed by atoms with Crippen molar-refractivity contribution in [3.05, 3.63) is 24.3 Å². The minimum Gasteiger partial charge on any atom is -0.370 e. The lowest BCUT2D eigenvalue weighted by Gasteiger charge is -2.33. The van der Waals surface area contributed by atoms with Crippen molar-refractivity contribution in [3.8, 4) is 0 Å². The number of hydrogen-bond acceptors (Lipinski definition) is 2. The smallest absolute Gasteiger partial charge is 0.143 e. The molecule has 1 aliphatic heterocycles. The normalized spacial score (nSPS) is 21.7. The molecule has 82 valence electrons. The van der Waals surface area contributed by atoms with Crippen molar-refractivity contribution in [2.45, 2.75) is 26.2 Å². The molecule has 0 bridgehead atoms. The molecule has 0 amide bonds. The summed E-state index contributed by atoms with van der Waals surface area (Å²) in [7, 11) is 0. The zero-order valence-electron chi connectivity index (χ0n) is 9.12. The van der Waals surface area contributed by atoms with E-state index >= 15 is 0 Å². The minimum atomic E-state index is -0.244. The van der Waals surface area contributed by atoms with Gasteiger partial charge < -0.3 is 4.90 Å². The van der Waals surface area contributed by atoms with E-state index in [1.807, 2.05) is 0 Å². The predicted molar refractivity (Wildman–Crippen MR) is 59.4 cm³/mol. The Morgan fingerprint density at radius 2 is 2.40 bits per heavy atom. The van der Waals surface area contributed by atoms with Gasteiger partial charge in [0.15, 0.2) is 0 Å². The minimum absolute atomic E-state index is 0.244. The maximum absolute atomic E-state index is 13.0. The van der Waals surface area contributed by atoms with E-state index in [0.717, 1.165) is 24.7 Å². The Morgan fingerprint density at radius 3 is 3.13 bits per heavy atom. The Balaban J connectivity index is 2.09. The van der Waals surface area contributed by atoms with E-state index in [2.05, 4.69) is 16.8 Å². The van der Waals surface area contributed by atoms with Gasteiger partial charge in [-0.3, -0.25) is 4.98 Å². The molecule has 1 aliphatic rings. The Bertz CT molecular complexity index is 327. The van der Waals surface area contributed by atoms with Gasteiger partial charge in [-0.15, -0.1) is 0 Å². The van der Waals surface area contributed by atoms with Crippen LogP contribution in [0.15, 0.2) is 18.5 Å². The van der Waals surface area contributed by atoms with Crippen LogP contribution in [0, 0.1) is 11.7 Å². The molecule has 15 heavy (non-hydrogen) atoms. The van der Waals surface area contributed by atoms with Gasteiger partial charge in [0.25, 0.3) is 0 Å². The maximum Gasteiger partial charge on any atom is 0.143 e. The van der Waals surface area contributed by atoms with E-state index in [-0.39, 0.29) is 5.82 Å². The first-order chi connectivity index (χ1) is 7.29. The van der Waals surface area contributed by atoms with E-state index in [0.29, 0.717) is 0 Å².